The molecule has 0 unspecified atom stereocenters. The van der Waals surface area contributed by atoms with Gasteiger partial charge in [-0.05, 0) is 17.7 Å². The van der Waals surface area contributed by atoms with Crippen LogP contribution in [0.4, 0.5) is 0 Å². The lowest BCUT2D eigenvalue weighted by Gasteiger charge is -2.27. The van der Waals surface area contributed by atoms with Crippen molar-refractivity contribution in [1.29, 1.82) is 0 Å². The Morgan fingerprint density at radius 3 is 3.00 bits per heavy atom. The van der Waals surface area contributed by atoms with E-state index >= 15 is 0 Å². The van der Waals surface area contributed by atoms with Gasteiger partial charge < -0.3 is 10.3 Å². The number of rotatable bonds is 1. The second-order valence-corrected chi connectivity index (χ2v) is 3.50. The molecule has 2 aromatic rings. The minimum Gasteiger partial charge on any atom is -0.346 e. The van der Waals surface area contributed by atoms with Gasteiger partial charge in [-0.1, -0.05) is 0 Å². The summed E-state index contributed by atoms with van der Waals surface area (Å²) in [5.41, 5.74) is 2.43. The summed E-state index contributed by atoms with van der Waals surface area (Å²) in [5.74, 6) is 0.682. The van der Waals surface area contributed by atoms with Crippen molar-refractivity contribution in [3.63, 3.8) is 0 Å². The third kappa shape index (κ3) is 0.971. The average molecular weight is 173 g/mol. The van der Waals surface area contributed by atoms with Crippen molar-refractivity contribution in [2.24, 2.45) is 0 Å². The molecule has 3 heteroatoms. The van der Waals surface area contributed by atoms with Gasteiger partial charge in [-0.3, -0.25) is 0 Å². The molecule has 0 spiro atoms. The molecule has 0 aromatic carbocycles. The van der Waals surface area contributed by atoms with Crippen molar-refractivity contribution in [2.45, 2.75) is 5.92 Å². The molecule has 0 amide bonds. The topological polar surface area (TPSA) is 40.7 Å². The lowest BCUT2D eigenvalue weighted by Crippen LogP contribution is -2.39. The number of nitrogens with zero attached hydrogens (tertiary/aromatic N) is 1. The monoisotopic (exact) mass is 173 g/mol. The van der Waals surface area contributed by atoms with Crippen molar-refractivity contribution >= 4 is 11.0 Å². The third-order valence-electron chi connectivity index (χ3n) is 2.72. The Morgan fingerprint density at radius 2 is 2.23 bits per heavy atom. The largest absolute Gasteiger partial charge is 0.346 e. The molecule has 3 heterocycles. The fourth-order valence-corrected chi connectivity index (χ4v) is 1.85. The van der Waals surface area contributed by atoms with Gasteiger partial charge in [-0.25, -0.2) is 4.98 Å². The highest BCUT2D eigenvalue weighted by Gasteiger charge is 2.20. The van der Waals surface area contributed by atoms with E-state index in [1.165, 1.54) is 10.9 Å². The summed E-state index contributed by atoms with van der Waals surface area (Å²) >= 11 is 0. The van der Waals surface area contributed by atoms with Crippen molar-refractivity contribution in [3.8, 4) is 0 Å². The highest BCUT2D eigenvalue weighted by Crippen LogP contribution is 2.26. The minimum absolute atomic E-state index is 0.682. The maximum Gasteiger partial charge on any atom is 0.137 e. The van der Waals surface area contributed by atoms with Crippen LogP contribution in [0.15, 0.2) is 24.5 Å². The molecule has 13 heavy (non-hydrogen) atoms. The van der Waals surface area contributed by atoms with Crippen molar-refractivity contribution in [2.75, 3.05) is 13.1 Å². The van der Waals surface area contributed by atoms with Gasteiger partial charge in [0.2, 0.25) is 0 Å². The predicted molar refractivity (Wildman–Crippen MR) is 51.7 cm³/mol. The summed E-state index contributed by atoms with van der Waals surface area (Å²) in [7, 11) is 0. The molecule has 1 aliphatic rings. The molecule has 0 bridgehead atoms. The zero-order valence-corrected chi connectivity index (χ0v) is 7.25. The fourth-order valence-electron chi connectivity index (χ4n) is 1.85. The van der Waals surface area contributed by atoms with Crippen LogP contribution in [0.5, 0.6) is 0 Å². The number of hydrogen-bond donors (Lipinski definition) is 2. The first-order chi connectivity index (χ1) is 6.45. The van der Waals surface area contributed by atoms with Gasteiger partial charge in [0.1, 0.15) is 5.65 Å². The Hall–Kier alpha value is -1.35. The number of nitrogens with one attached hydrogen (secondary N) is 2. The van der Waals surface area contributed by atoms with Crippen LogP contribution in [0.1, 0.15) is 11.5 Å². The number of pyridine rings is 1. The standard InChI is InChI=1S/C10H11N3/c1-3-12-10-9(2-4-13-10)8(1)7-5-11-6-7/h1-4,7,11H,5-6H2,(H,12,13). The fraction of sp³-hybridized carbons (Fsp3) is 0.300. The number of H-pyrrole nitrogens is 1. The maximum absolute atomic E-state index is 4.27. The summed E-state index contributed by atoms with van der Waals surface area (Å²) in [6.45, 7) is 2.20. The van der Waals surface area contributed by atoms with E-state index in [1.807, 2.05) is 12.4 Å². The van der Waals surface area contributed by atoms with E-state index in [0.29, 0.717) is 5.92 Å². The summed E-state index contributed by atoms with van der Waals surface area (Å²) in [6.07, 6.45) is 3.83. The second-order valence-electron chi connectivity index (χ2n) is 3.50. The number of aromatic nitrogens is 2. The second kappa shape index (κ2) is 2.57. The molecule has 2 aromatic heterocycles. The molecule has 0 saturated carbocycles. The number of fused-ring (bicyclic) bond motifs is 1. The van der Waals surface area contributed by atoms with E-state index in [4.69, 9.17) is 0 Å². The lowest BCUT2D eigenvalue weighted by atomic mass is 9.92. The lowest BCUT2D eigenvalue weighted by molar-refractivity contribution is 0.450. The zero-order valence-electron chi connectivity index (χ0n) is 7.25. The molecule has 0 atom stereocenters. The van der Waals surface area contributed by atoms with Gasteiger partial charge in [-0.15, -0.1) is 0 Å². The molecular formula is C10H11N3. The normalized spacial score (nSPS) is 17.5. The van der Waals surface area contributed by atoms with E-state index in [2.05, 4.69) is 27.4 Å². The Balaban J connectivity index is 2.20. The Kier molecular flexibility index (Phi) is 1.40. The molecule has 3 nitrogen and oxygen atoms in total. The minimum atomic E-state index is 0.682. The Morgan fingerprint density at radius 1 is 1.31 bits per heavy atom. The molecule has 1 fully saturated rings. The number of aromatic amines is 1. The predicted octanol–water partition coefficient (Wildman–Crippen LogP) is 1.25. The molecule has 2 N–H and O–H groups in total. The molecule has 0 radical (unpaired) electrons. The van der Waals surface area contributed by atoms with Gasteiger partial charge >= 0.3 is 0 Å². The SMILES string of the molecule is c1cc(C2CNC2)c2cc[nH]c2n1. The van der Waals surface area contributed by atoms with Gasteiger partial charge in [0.25, 0.3) is 0 Å². The van der Waals surface area contributed by atoms with E-state index in [-0.39, 0.29) is 0 Å². The Bertz CT molecular complexity index is 428. The summed E-state index contributed by atoms with van der Waals surface area (Å²) in [5, 5.41) is 4.56. The van der Waals surface area contributed by atoms with Crippen LogP contribution >= 0.6 is 0 Å². The van der Waals surface area contributed by atoms with Crippen LogP contribution in [-0.4, -0.2) is 23.1 Å². The first-order valence-corrected chi connectivity index (χ1v) is 4.58. The highest BCUT2D eigenvalue weighted by atomic mass is 14.9. The van der Waals surface area contributed by atoms with Crippen LogP contribution in [0.25, 0.3) is 11.0 Å². The summed E-state index contributed by atoms with van der Waals surface area (Å²) < 4.78 is 0. The smallest absolute Gasteiger partial charge is 0.137 e. The Labute approximate surface area is 76.2 Å². The zero-order chi connectivity index (χ0) is 8.67. The van der Waals surface area contributed by atoms with Gasteiger partial charge in [-0.2, -0.15) is 0 Å². The summed E-state index contributed by atoms with van der Waals surface area (Å²) in [4.78, 5) is 7.40. The van der Waals surface area contributed by atoms with Gasteiger partial charge in [0, 0.05) is 36.8 Å². The van der Waals surface area contributed by atoms with Crippen LogP contribution in [0, 0.1) is 0 Å². The first kappa shape index (κ1) is 7.09. The van der Waals surface area contributed by atoms with E-state index in [1.54, 1.807) is 0 Å². The molecule has 0 aliphatic carbocycles. The van der Waals surface area contributed by atoms with Crippen molar-refractivity contribution in [1.82, 2.24) is 15.3 Å². The molecule has 1 aliphatic heterocycles. The van der Waals surface area contributed by atoms with Crippen LogP contribution < -0.4 is 5.32 Å². The average Bonchev–Trinajstić information content (AvgIpc) is 2.49. The molecule has 1 saturated heterocycles. The molecular weight excluding hydrogens is 162 g/mol. The van der Waals surface area contributed by atoms with Crippen LogP contribution in [0.3, 0.4) is 0 Å². The molecule has 66 valence electrons. The quantitative estimate of drug-likeness (QED) is 0.681. The number of hydrogen-bond acceptors (Lipinski definition) is 2. The van der Waals surface area contributed by atoms with Crippen molar-refractivity contribution < 1.29 is 0 Å². The van der Waals surface area contributed by atoms with E-state index in [0.717, 1.165) is 18.7 Å². The van der Waals surface area contributed by atoms with E-state index < -0.39 is 0 Å². The van der Waals surface area contributed by atoms with Crippen LogP contribution in [-0.2, 0) is 0 Å². The first-order valence-electron chi connectivity index (χ1n) is 4.58. The third-order valence-corrected chi connectivity index (χ3v) is 2.72. The summed E-state index contributed by atoms with van der Waals surface area (Å²) in [6, 6.07) is 4.23. The molecule has 3 rings (SSSR count). The van der Waals surface area contributed by atoms with Gasteiger partial charge in [0.15, 0.2) is 0 Å². The van der Waals surface area contributed by atoms with Crippen molar-refractivity contribution in [3.05, 3.63) is 30.1 Å². The van der Waals surface area contributed by atoms with Crippen LogP contribution in [0.2, 0.25) is 0 Å². The van der Waals surface area contributed by atoms with Gasteiger partial charge in [0.05, 0.1) is 0 Å². The maximum atomic E-state index is 4.27. The van der Waals surface area contributed by atoms with E-state index in [9.17, 15) is 0 Å². The highest BCUT2D eigenvalue weighted by molar-refractivity contribution is 5.80.